The van der Waals surface area contributed by atoms with Crippen LogP contribution in [0.3, 0.4) is 0 Å². The summed E-state index contributed by atoms with van der Waals surface area (Å²) in [6.45, 7) is 3.75. The molecule has 13 heavy (non-hydrogen) atoms. The number of nitrogens with zero attached hydrogens (tertiary/aromatic N) is 2. The molecule has 0 aliphatic heterocycles. The third kappa shape index (κ3) is 1.86. The van der Waals surface area contributed by atoms with Gasteiger partial charge in [-0.1, -0.05) is 13.8 Å². The number of hydrogen-bond acceptors (Lipinski definition) is 4. The number of carbonyl (C=O) groups is 1. The molecule has 5 heteroatoms. The first-order valence-electron chi connectivity index (χ1n) is 4.13. The monoisotopic (exact) mass is 182 g/mol. The molecule has 0 aromatic carbocycles. The van der Waals surface area contributed by atoms with E-state index in [1.807, 2.05) is 13.8 Å². The fraction of sp³-hybridized carbons (Fsp3) is 0.500. The van der Waals surface area contributed by atoms with Crippen LogP contribution in [0.4, 0.5) is 5.82 Å². The van der Waals surface area contributed by atoms with Gasteiger partial charge in [0.15, 0.2) is 0 Å². The van der Waals surface area contributed by atoms with Crippen molar-refractivity contribution in [2.45, 2.75) is 19.9 Å². The first kappa shape index (κ1) is 9.73. The van der Waals surface area contributed by atoms with E-state index in [4.69, 9.17) is 11.5 Å². The van der Waals surface area contributed by atoms with E-state index in [0.717, 1.165) is 4.68 Å². The maximum atomic E-state index is 11.6. The number of rotatable bonds is 2. The van der Waals surface area contributed by atoms with Gasteiger partial charge in [-0.3, -0.25) is 4.79 Å². The van der Waals surface area contributed by atoms with E-state index in [0.29, 0.717) is 5.82 Å². The molecular weight excluding hydrogens is 168 g/mol. The van der Waals surface area contributed by atoms with Crippen molar-refractivity contribution in [2.75, 3.05) is 5.73 Å². The molecule has 0 unspecified atom stereocenters. The van der Waals surface area contributed by atoms with Crippen molar-refractivity contribution in [3.8, 4) is 0 Å². The molecule has 0 bridgehead atoms. The van der Waals surface area contributed by atoms with Gasteiger partial charge in [0.25, 0.3) is 5.91 Å². The van der Waals surface area contributed by atoms with Crippen molar-refractivity contribution in [3.63, 3.8) is 0 Å². The first-order valence-corrected chi connectivity index (χ1v) is 4.13. The molecule has 1 aromatic heterocycles. The van der Waals surface area contributed by atoms with Crippen molar-refractivity contribution in [3.05, 3.63) is 12.3 Å². The lowest BCUT2D eigenvalue weighted by Crippen LogP contribution is -2.39. The van der Waals surface area contributed by atoms with Crippen LogP contribution in [0, 0.1) is 5.92 Å². The van der Waals surface area contributed by atoms with Crippen molar-refractivity contribution >= 4 is 11.7 Å². The summed E-state index contributed by atoms with van der Waals surface area (Å²) >= 11 is 0. The predicted octanol–water partition coefficient (Wildman–Crippen LogP) is 0.0888. The lowest BCUT2D eigenvalue weighted by Gasteiger charge is -2.14. The molecule has 0 saturated carbocycles. The molecule has 0 spiro atoms. The van der Waals surface area contributed by atoms with Crippen LogP contribution < -0.4 is 11.5 Å². The Hall–Kier alpha value is -1.36. The van der Waals surface area contributed by atoms with Gasteiger partial charge in [0, 0.05) is 6.07 Å². The largest absolute Gasteiger partial charge is 0.383 e. The average Bonchev–Trinajstić information content (AvgIpc) is 2.48. The molecule has 0 saturated heterocycles. The Labute approximate surface area is 76.7 Å². The van der Waals surface area contributed by atoms with E-state index in [2.05, 4.69) is 5.10 Å². The van der Waals surface area contributed by atoms with Gasteiger partial charge in [-0.2, -0.15) is 9.78 Å². The minimum atomic E-state index is -0.554. The Bertz CT molecular complexity index is 305. The number of anilines is 1. The van der Waals surface area contributed by atoms with Gasteiger partial charge in [0.05, 0.1) is 12.2 Å². The highest BCUT2D eigenvalue weighted by atomic mass is 16.2. The normalized spacial score (nSPS) is 13.2. The van der Waals surface area contributed by atoms with Crippen molar-refractivity contribution < 1.29 is 4.79 Å². The fourth-order valence-corrected chi connectivity index (χ4v) is 0.924. The van der Waals surface area contributed by atoms with Gasteiger partial charge in [-0.05, 0) is 5.92 Å². The van der Waals surface area contributed by atoms with Gasteiger partial charge in [-0.15, -0.1) is 0 Å². The molecule has 0 radical (unpaired) electrons. The smallest absolute Gasteiger partial charge is 0.265 e. The van der Waals surface area contributed by atoms with Crippen LogP contribution in [0.2, 0.25) is 0 Å². The first-order chi connectivity index (χ1) is 6.04. The number of aromatic nitrogens is 2. The molecule has 5 nitrogen and oxygen atoms in total. The molecule has 1 atom stereocenters. The molecule has 1 rings (SSSR count). The minimum absolute atomic E-state index is 0.0797. The van der Waals surface area contributed by atoms with E-state index >= 15 is 0 Å². The summed E-state index contributed by atoms with van der Waals surface area (Å²) in [6, 6.07) is 1.01. The van der Waals surface area contributed by atoms with Gasteiger partial charge >= 0.3 is 0 Å². The highest BCUT2D eigenvalue weighted by molar-refractivity contribution is 5.85. The van der Waals surface area contributed by atoms with Gasteiger partial charge < -0.3 is 11.5 Å². The van der Waals surface area contributed by atoms with E-state index in [9.17, 15) is 4.79 Å². The van der Waals surface area contributed by atoms with E-state index in [1.165, 1.54) is 6.20 Å². The Kier molecular flexibility index (Phi) is 2.67. The van der Waals surface area contributed by atoms with Crippen LogP contribution in [0.15, 0.2) is 12.3 Å². The third-order valence-corrected chi connectivity index (χ3v) is 1.88. The Balaban J connectivity index is 2.86. The quantitative estimate of drug-likeness (QED) is 0.678. The molecule has 0 amide bonds. The summed E-state index contributed by atoms with van der Waals surface area (Å²) in [5, 5.41) is 3.78. The van der Waals surface area contributed by atoms with Crippen LogP contribution in [-0.4, -0.2) is 21.7 Å². The lowest BCUT2D eigenvalue weighted by atomic mass is 10.1. The zero-order chi connectivity index (χ0) is 10.0. The number of carbonyl (C=O) groups excluding carboxylic acids is 1. The van der Waals surface area contributed by atoms with Crippen molar-refractivity contribution in [1.82, 2.24) is 9.78 Å². The number of nitrogens with two attached hydrogens (primary N) is 2. The molecule has 0 aliphatic rings. The van der Waals surface area contributed by atoms with Gasteiger partial charge in [0.1, 0.15) is 5.82 Å². The SMILES string of the molecule is CC(C)[C@H](N)C(=O)n1nccc1N. The van der Waals surface area contributed by atoms with Crippen LogP contribution in [-0.2, 0) is 0 Å². The maximum absolute atomic E-state index is 11.6. The van der Waals surface area contributed by atoms with Gasteiger partial charge in [0.2, 0.25) is 0 Å². The highest BCUT2D eigenvalue weighted by Crippen LogP contribution is 2.05. The third-order valence-electron chi connectivity index (χ3n) is 1.88. The number of nitrogen functional groups attached to an aromatic ring is 1. The molecule has 1 heterocycles. The average molecular weight is 182 g/mol. The second-order valence-corrected chi connectivity index (χ2v) is 3.28. The van der Waals surface area contributed by atoms with Crippen molar-refractivity contribution in [1.29, 1.82) is 0 Å². The second kappa shape index (κ2) is 3.57. The van der Waals surface area contributed by atoms with Crippen LogP contribution >= 0.6 is 0 Å². The Morgan fingerprint density at radius 3 is 2.62 bits per heavy atom. The Morgan fingerprint density at radius 2 is 2.23 bits per heavy atom. The maximum Gasteiger partial charge on any atom is 0.265 e. The highest BCUT2D eigenvalue weighted by Gasteiger charge is 2.20. The van der Waals surface area contributed by atoms with E-state index < -0.39 is 6.04 Å². The summed E-state index contributed by atoms with van der Waals surface area (Å²) in [7, 11) is 0. The predicted molar refractivity (Wildman–Crippen MR) is 50.1 cm³/mol. The van der Waals surface area contributed by atoms with E-state index in [1.54, 1.807) is 6.07 Å². The van der Waals surface area contributed by atoms with Crippen LogP contribution in [0.1, 0.15) is 18.6 Å². The second-order valence-electron chi connectivity index (χ2n) is 3.28. The summed E-state index contributed by atoms with van der Waals surface area (Å²) in [5.41, 5.74) is 11.2. The van der Waals surface area contributed by atoms with E-state index in [-0.39, 0.29) is 11.8 Å². The minimum Gasteiger partial charge on any atom is -0.383 e. The molecule has 72 valence electrons. The summed E-state index contributed by atoms with van der Waals surface area (Å²) < 4.78 is 1.13. The topological polar surface area (TPSA) is 86.9 Å². The molecule has 0 fully saturated rings. The van der Waals surface area contributed by atoms with Crippen LogP contribution in [0.5, 0.6) is 0 Å². The molecule has 0 aliphatic carbocycles. The molecule has 1 aromatic rings. The number of hydrogen-bond donors (Lipinski definition) is 2. The lowest BCUT2D eigenvalue weighted by molar-refractivity contribution is 0.0844. The molecule has 4 N–H and O–H groups in total. The summed E-state index contributed by atoms with van der Waals surface area (Å²) in [5.74, 6) is 0.134. The Morgan fingerprint density at radius 1 is 1.62 bits per heavy atom. The van der Waals surface area contributed by atoms with Crippen LogP contribution in [0.25, 0.3) is 0 Å². The summed E-state index contributed by atoms with van der Waals surface area (Å²) in [6.07, 6.45) is 1.47. The fourth-order valence-electron chi connectivity index (χ4n) is 0.924. The summed E-state index contributed by atoms with van der Waals surface area (Å²) in [4.78, 5) is 11.6. The zero-order valence-electron chi connectivity index (χ0n) is 7.77. The molecular formula is C8H14N4O. The van der Waals surface area contributed by atoms with Gasteiger partial charge in [-0.25, -0.2) is 0 Å². The standard InChI is InChI=1S/C8H14N4O/c1-5(2)7(10)8(13)12-6(9)3-4-11-12/h3-5,7H,9-10H2,1-2H3/t7-/m0/s1. The zero-order valence-corrected chi connectivity index (χ0v) is 7.77. The van der Waals surface area contributed by atoms with Crippen molar-refractivity contribution in [2.24, 2.45) is 11.7 Å².